The summed E-state index contributed by atoms with van der Waals surface area (Å²) in [6.45, 7) is 20.5. The van der Waals surface area contributed by atoms with Gasteiger partial charge in [-0.15, -0.1) is 6.58 Å². The molecular weight excluding hydrogens is 1030 g/mol. The highest BCUT2D eigenvalue weighted by Gasteiger charge is 2.45. The molecule has 20 heteroatoms. The number of nitrogens with zero attached hydrogens (tertiary/aromatic N) is 5. The predicted octanol–water partition coefficient (Wildman–Crippen LogP) is 6.64. The van der Waals surface area contributed by atoms with Crippen molar-refractivity contribution in [3.63, 3.8) is 0 Å². The van der Waals surface area contributed by atoms with Crippen LogP contribution >= 0.6 is 7.82 Å². The number of carbonyl (C=O) groups is 4. The molecule has 0 radical (unpaired) electrons. The number of hydrogen-bond acceptors (Lipinski definition) is 13. The summed E-state index contributed by atoms with van der Waals surface area (Å²) in [7, 11) is 5.52. The molecule has 4 aliphatic rings. The number of carbonyl (C=O) groups excluding carboxylic acids is 4. The third-order valence-electron chi connectivity index (χ3n) is 16.6. The number of nitrogens with one attached hydrogen (secondary N) is 2. The van der Waals surface area contributed by atoms with Gasteiger partial charge in [-0.3, -0.25) is 43.7 Å². The Kier molecular flexibility index (Phi) is 24.3. The monoisotopic (exact) mass is 1120 g/mol. The Morgan fingerprint density at radius 2 is 1.58 bits per heavy atom. The van der Waals surface area contributed by atoms with Gasteiger partial charge in [-0.05, 0) is 130 Å². The SMILES string of the molecule is C=C[C@H]1CN2CCC1C[C@H]2[C@H](O)c1ccnc2ccc(OC)cc12.CC[C@H](C)[C@@H]([C@@H](CC(=O)N1CCC[C@H]1[C@H](OC)[C@@H](C)C(=O)NCCc1ccc(OP(=O)(O)O)cc1)OC)N(C)C(=O)[C@@H](NC(=O)[C@H](C(C)C)N(C)C)C(C)C. The molecular formula is C59H92N7O12P. The van der Waals surface area contributed by atoms with Gasteiger partial charge in [-0.2, -0.15) is 0 Å². The molecule has 4 fully saturated rings. The number of aliphatic hydroxyl groups is 1. The van der Waals surface area contributed by atoms with Crippen LogP contribution in [0.1, 0.15) is 104 Å². The normalized spacial score (nSPS) is 22.2. The first-order chi connectivity index (χ1) is 37.4. The van der Waals surface area contributed by atoms with E-state index in [1.165, 1.54) is 18.6 Å². The number of phosphoric acid groups is 1. The lowest BCUT2D eigenvalue weighted by molar-refractivity contribution is -0.148. The van der Waals surface area contributed by atoms with E-state index in [1.54, 1.807) is 63.4 Å². The zero-order valence-electron chi connectivity index (χ0n) is 49.0. The van der Waals surface area contributed by atoms with E-state index < -0.39 is 50.2 Å². The Morgan fingerprint density at radius 1 is 0.899 bits per heavy atom. The van der Waals surface area contributed by atoms with Crippen molar-refractivity contribution in [2.45, 2.75) is 142 Å². The van der Waals surface area contributed by atoms with Crippen molar-refractivity contribution in [1.29, 1.82) is 0 Å². The number of ether oxygens (including phenoxy) is 3. The summed E-state index contributed by atoms with van der Waals surface area (Å²) < 4.78 is 32.9. The average Bonchev–Trinajstić information content (AvgIpc) is 3.99. The number of rotatable bonds is 26. The van der Waals surface area contributed by atoms with Gasteiger partial charge in [-0.1, -0.05) is 73.1 Å². The second-order valence-electron chi connectivity index (χ2n) is 22.7. The summed E-state index contributed by atoms with van der Waals surface area (Å²) in [5.74, 6) is 0.463. The first-order valence-corrected chi connectivity index (χ1v) is 29.6. The van der Waals surface area contributed by atoms with Crippen LogP contribution in [0.15, 0.2) is 67.4 Å². The molecule has 19 nitrogen and oxygen atoms in total. The molecule has 0 spiro atoms. The summed E-state index contributed by atoms with van der Waals surface area (Å²) in [4.78, 5) is 85.2. The minimum Gasteiger partial charge on any atom is -0.497 e. The lowest BCUT2D eigenvalue weighted by atomic mass is 9.73. The van der Waals surface area contributed by atoms with Crippen LogP contribution in [0.2, 0.25) is 0 Å². The van der Waals surface area contributed by atoms with E-state index >= 15 is 0 Å². The van der Waals surface area contributed by atoms with Crippen LogP contribution in [0.4, 0.5) is 0 Å². The van der Waals surface area contributed by atoms with Crippen molar-refractivity contribution in [1.82, 2.24) is 35.2 Å². The van der Waals surface area contributed by atoms with Crippen LogP contribution in [0, 0.1) is 35.5 Å². The first-order valence-electron chi connectivity index (χ1n) is 28.1. The van der Waals surface area contributed by atoms with Gasteiger partial charge in [0.25, 0.3) is 0 Å². The molecule has 0 saturated carbocycles. The van der Waals surface area contributed by atoms with Crippen molar-refractivity contribution < 1.29 is 57.4 Å². The van der Waals surface area contributed by atoms with E-state index in [4.69, 9.17) is 24.0 Å². The Morgan fingerprint density at radius 3 is 2.14 bits per heavy atom. The van der Waals surface area contributed by atoms with E-state index in [1.807, 2.05) is 84.8 Å². The smallest absolute Gasteiger partial charge is 0.497 e. The van der Waals surface area contributed by atoms with Crippen molar-refractivity contribution in [2.75, 3.05) is 68.7 Å². The van der Waals surface area contributed by atoms with Crippen LogP contribution in [0.5, 0.6) is 11.5 Å². The highest BCUT2D eigenvalue weighted by Crippen LogP contribution is 2.43. The predicted molar refractivity (Wildman–Crippen MR) is 306 cm³/mol. The fourth-order valence-corrected chi connectivity index (χ4v) is 12.6. The molecule has 2 aromatic carbocycles. The quantitative estimate of drug-likeness (QED) is 0.0419. The maximum Gasteiger partial charge on any atom is 0.524 e. The fraction of sp³-hybridized carbons (Fsp3) is 0.644. The number of phosphoric ester groups is 1. The highest BCUT2D eigenvalue weighted by molar-refractivity contribution is 7.46. The molecule has 2 unspecified atom stereocenters. The summed E-state index contributed by atoms with van der Waals surface area (Å²) in [5, 5.41) is 18.1. The summed E-state index contributed by atoms with van der Waals surface area (Å²) in [5.41, 5.74) is 2.69. The topological polar surface area (TPSA) is 233 Å². The van der Waals surface area contributed by atoms with Gasteiger partial charge in [0.2, 0.25) is 23.6 Å². The number of benzene rings is 2. The first kappa shape index (κ1) is 64.8. The van der Waals surface area contributed by atoms with E-state index in [9.17, 15) is 28.8 Å². The number of fused-ring (bicyclic) bond motifs is 4. The van der Waals surface area contributed by atoms with Crippen molar-refractivity contribution in [2.24, 2.45) is 35.5 Å². The van der Waals surface area contributed by atoms with Gasteiger partial charge in [0.1, 0.15) is 17.5 Å². The Balaban J connectivity index is 0.000000391. The largest absolute Gasteiger partial charge is 0.524 e. The molecule has 440 valence electrons. The summed E-state index contributed by atoms with van der Waals surface area (Å²) >= 11 is 0. The number of methoxy groups -OCH3 is 3. The molecule has 1 aromatic heterocycles. The Hall–Kier alpha value is -4.98. The van der Waals surface area contributed by atoms with Crippen molar-refractivity contribution in [3.8, 4) is 11.5 Å². The maximum atomic E-state index is 14.2. The average molecular weight is 1120 g/mol. The Labute approximate surface area is 469 Å². The second-order valence-corrected chi connectivity index (χ2v) is 23.9. The third kappa shape index (κ3) is 16.8. The number of hydrogen-bond donors (Lipinski definition) is 5. The highest BCUT2D eigenvalue weighted by atomic mass is 31.2. The van der Waals surface area contributed by atoms with Gasteiger partial charge < -0.3 is 44.3 Å². The minimum atomic E-state index is -4.65. The van der Waals surface area contributed by atoms with Gasteiger partial charge in [0.15, 0.2) is 0 Å². The van der Waals surface area contributed by atoms with Crippen LogP contribution in [-0.2, 0) is 39.6 Å². The zero-order valence-corrected chi connectivity index (χ0v) is 49.9. The number of likely N-dealkylation sites (tertiary alicyclic amines) is 1. The number of likely N-dealkylation sites (N-methyl/N-ethyl adjacent to an activating group) is 2. The molecule has 5 heterocycles. The summed E-state index contributed by atoms with van der Waals surface area (Å²) in [6, 6.07) is 12.2. The zero-order chi connectivity index (χ0) is 58.5. The van der Waals surface area contributed by atoms with Crippen LogP contribution in [0.3, 0.4) is 0 Å². The number of amides is 4. The van der Waals surface area contributed by atoms with E-state index in [0.29, 0.717) is 37.8 Å². The molecule has 79 heavy (non-hydrogen) atoms. The minimum absolute atomic E-state index is 0.0172. The molecule has 3 aromatic rings. The molecule has 13 atom stereocenters. The molecule has 4 aliphatic heterocycles. The van der Waals surface area contributed by atoms with Gasteiger partial charge in [-0.25, -0.2) is 4.57 Å². The number of pyridine rings is 1. The maximum absolute atomic E-state index is 14.2. The molecule has 4 amide bonds. The molecule has 4 saturated heterocycles. The van der Waals surface area contributed by atoms with E-state index in [-0.39, 0.29) is 65.6 Å². The van der Waals surface area contributed by atoms with E-state index in [0.717, 1.165) is 60.1 Å². The van der Waals surface area contributed by atoms with Crippen molar-refractivity contribution in [3.05, 3.63) is 78.5 Å². The third-order valence-corrected chi connectivity index (χ3v) is 17.1. The summed E-state index contributed by atoms with van der Waals surface area (Å²) in [6.07, 6.45) is 7.05. The number of aromatic nitrogens is 1. The van der Waals surface area contributed by atoms with Crippen molar-refractivity contribution >= 4 is 42.4 Å². The number of aliphatic hydroxyl groups excluding tert-OH is 1. The van der Waals surface area contributed by atoms with Gasteiger partial charge in [0, 0.05) is 58.5 Å². The molecule has 2 bridgehead atoms. The molecule has 0 aliphatic carbocycles. The fourth-order valence-electron chi connectivity index (χ4n) is 12.2. The standard InChI is InChI=1S/C39H68N5O10P.C20H24N2O2/c1-13-26(6)35(43(10)39(48)33(24(2)3)41-38(47)34(25(4)5)42(8)9)31(52-11)23-32(45)44-22-14-15-30(44)36(53-12)27(7)37(46)40-21-20-28-16-18-29(19-17-28)54-55(49,50)51;1-3-13-12-22-9-7-14(13)10-19(22)20(23)16-6-8-21-18-5-4-15(24-2)11-17(16)18/h16-19,24-27,30-31,33-36H,13-15,20-23H2,1-12H3,(H,40,46)(H,41,47)(H2,49,50,51);3-6,8,11,13-14,19-20,23H,1,7,9-10,12H2,2H3/t26-,27+,30-,31+,33-,34-,35-,36+;13-,14?,19-,20+/m00/s1. The van der Waals surface area contributed by atoms with Gasteiger partial charge >= 0.3 is 7.82 Å². The molecule has 5 N–H and O–H groups in total. The van der Waals surface area contributed by atoms with E-state index in [2.05, 4.69) is 37.7 Å². The van der Waals surface area contributed by atoms with Crippen LogP contribution in [0.25, 0.3) is 10.9 Å². The van der Waals surface area contributed by atoms with Crippen LogP contribution < -0.4 is 19.9 Å². The number of piperidine rings is 3. The van der Waals surface area contributed by atoms with Gasteiger partial charge in [0.05, 0.1) is 61.4 Å². The second kappa shape index (κ2) is 29.7. The lowest BCUT2D eigenvalue weighted by Gasteiger charge is -2.50. The van der Waals surface area contributed by atoms with Crippen LogP contribution in [-0.4, -0.2) is 174 Å². The lowest BCUT2D eigenvalue weighted by Crippen LogP contribution is -2.59. The Bertz CT molecular complexity index is 2520. The molecule has 7 rings (SSSR count).